The van der Waals surface area contributed by atoms with E-state index < -0.39 is 10.7 Å². The summed E-state index contributed by atoms with van der Waals surface area (Å²) in [5, 5.41) is 10.8. The van der Waals surface area contributed by atoms with Gasteiger partial charge in [0.05, 0.1) is 10.6 Å². The fraction of sp³-hybridized carbons (Fsp3) is 0. The van der Waals surface area contributed by atoms with E-state index >= 15 is 0 Å². The lowest BCUT2D eigenvalue weighted by molar-refractivity contribution is -0.385. The van der Waals surface area contributed by atoms with Gasteiger partial charge in [0.1, 0.15) is 5.82 Å². The number of hydrogen-bond acceptors (Lipinski definition) is 5. The average molecular weight is 249 g/mol. The molecule has 1 aromatic carbocycles. The van der Waals surface area contributed by atoms with Gasteiger partial charge in [0.2, 0.25) is 11.6 Å². The maximum atomic E-state index is 13.1. The van der Waals surface area contributed by atoms with E-state index in [1.807, 2.05) is 0 Å². The molecule has 0 fully saturated rings. The number of aromatic nitrogens is 1. The molecule has 0 aliphatic heterocycles. The standard InChI is InChI=1S/C11H8FN3O3/c12-7-3-4-9(15(16)17)10(6-7)18-11-8(13)2-1-5-14-11/h1-6H,13H2. The first-order valence-corrected chi connectivity index (χ1v) is 4.90. The molecule has 1 heterocycles. The van der Waals surface area contributed by atoms with Crippen molar-refractivity contribution in [1.29, 1.82) is 0 Å². The number of nitrogen functional groups attached to an aromatic ring is 1. The van der Waals surface area contributed by atoms with E-state index in [1.54, 1.807) is 6.07 Å². The minimum absolute atomic E-state index is 0.00815. The minimum Gasteiger partial charge on any atom is -0.430 e. The Kier molecular flexibility index (Phi) is 3.05. The van der Waals surface area contributed by atoms with Crippen LogP contribution < -0.4 is 10.5 Å². The van der Waals surface area contributed by atoms with Crippen LogP contribution in [0.1, 0.15) is 0 Å². The molecular weight excluding hydrogens is 241 g/mol. The van der Waals surface area contributed by atoms with Crippen LogP contribution in [0.5, 0.6) is 11.6 Å². The average Bonchev–Trinajstić information content (AvgIpc) is 2.32. The van der Waals surface area contributed by atoms with Crippen molar-refractivity contribution in [3.63, 3.8) is 0 Å². The van der Waals surface area contributed by atoms with E-state index in [4.69, 9.17) is 10.5 Å². The van der Waals surface area contributed by atoms with Gasteiger partial charge in [0, 0.05) is 18.3 Å². The van der Waals surface area contributed by atoms with Crippen molar-refractivity contribution >= 4 is 11.4 Å². The molecule has 0 amide bonds. The molecule has 0 bridgehead atoms. The Morgan fingerprint density at radius 1 is 1.39 bits per heavy atom. The number of nitrogens with two attached hydrogens (primary N) is 1. The molecule has 2 N–H and O–H groups in total. The van der Waals surface area contributed by atoms with Crippen molar-refractivity contribution in [1.82, 2.24) is 4.98 Å². The Morgan fingerprint density at radius 3 is 2.83 bits per heavy atom. The summed E-state index contributed by atoms with van der Waals surface area (Å²) in [4.78, 5) is 13.9. The number of ether oxygens (including phenoxy) is 1. The topological polar surface area (TPSA) is 91.3 Å². The third kappa shape index (κ3) is 2.34. The fourth-order valence-corrected chi connectivity index (χ4v) is 1.31. The van der Waals surface area contributed by atoms with Crippen LogP contribution in [0.15, 0.2) is 36.5 Å². The second-order valence-electron chi connectivity index (χ2n) is 3.37. The molecule has 2 aromatic rings. The van der Waals surface area contributed by atoms with E-state index in [9.17, 15) is 14.5 Å². The molecule has 7 heteroatoms. The normalized spacial score (nSPS) is 10.1. The number of benzene rings is 1. The van der Waals surface area contributed by atoms with Gasteiger partial charge < -0.3 is 10.5 Å². The molecule has 1 aromatic heterocycles. The van der Waals surface area contributed by atoms with Crippen molar-refractivity contribution in [3.8, 4) is 11.6 Å². The summed E-state index contributed by atoms with van der Waals surface area (Å²) < 4.78 is 18.2. The zero-order valence-corrected chi connectivity index (χ0v) is 9.04. The van der Waals surface area contributed by atoms with E-state index in [0.29, 0.717) is 0 Å². The molecule has 0 atom stereocenters. The van der Waals surface area contributed by atoms with Gasteiger partial charge in [-0.1, -0.05) is 0 Å². The van der Waals surface area contributed by atoms with Crippen molar-refractivity contribution in [3.05, 3.63) is 52.5 Å². The summed E-state index contributed by atoms with van der Waals surface area (Å²) in [5.74, 6) is -0.901. The number of nitrogens with zero attached hydrogens (tertiary/aromatic N) is 2. The summed E-state index contributed by atoms with van der Waals surface area (Å²) in [6.07, 6.45) is 1.41. The summed E-state index contributed by atoms with van der Waals surface area (Å²) in [7, 11) is 0. The molecule has 18 heavy (non-hydrogen) atoms. The molecule has 0 unspecified atom stereocenters. The lowest BCUT2D eigenvalue weighted by Crippen LogP contribution is -1.98. The highest BCUT2D eigenvalue weighted by Gasteiger charge is 2.17. The third-order valence-corrected chi connectivity index (χ3v) is 2.13. The number of nitro benzene ring substituents is 1. The Bertz CT molecular complexity index is 604. The first kappa shape index (κ1) is 11.8. The Hall–Kier alpha value is -2.70. The first-order valence-electron chi connectivity index (χ1n) is 4.90. The highest BCUT2D eigenvalue weighted by Crippen LogP contribution is 2.32. The van der Waals surface area contributed by atoms with Crippen LogP contribution in [0.3, 0.4) is 0 Å². The molecule has 0 aliphatic rings. The van der Waals surface area contributed by atoms with Crippen LogP contribution in [0, 0.1) is 15.9 Å². The Morgan fingerprint density at radius 2 is 2.17 bits per heavy atom. The van der Waals surface area contributed by atoms with E-state index in [2.05, 4.69) is 4.98 Å². The zero-order valence-electron chi connectivity index (χ0n) is 9.04. The van der Waals surface area contributed by atoms with Gasteiger partial charge in [-0.15, -0.1) is 0 Å². The van der Waals surface area contributed by atoms with Gasteiger partial charge >= 0.3 is 5.69 Å². The summed E-state index contributed by atoms with van der Waals surface area (Å²) in [5.41, 5.74) is 5.43. The number of anilines is 1. The highest BCUT2D eigenvalue weighted by molar-refractivity contribution is 5.53. The van der Waals surface area contributed by atoms with E-state index in [0.717, 1.165) is 18.2 Å². The van der Waals surface area contributed by atoms with Gasteiger partial charge in [0.15, 0.2) is 0 Å². The highest BCUT2D eigenvalue weighted by atomic mass is 19.1. The SMILES string of the molecule is Nc1cccnc1Oc1cc(F)ccc1[N+](=O)[O-]. The van der Waals surface area contributed by atoms with Gasteiger partial charge in [-0.3, -0.25) is 10.1 Å². The zero-order chi connectivity index (χ0) is 13.1. The Labute approximate surface area is 101 Å². The number of halogens is 1. The molecule has 2 rings (SSSR count). The van der Waals surface area contributed by atoms with E-state index in [1.165, 1.54) is 12.3 Å². The number of pyridine rings is 1. The van der Waals surface area contributed by atoms with Gasteiger partial charge in [-0.2, -0.15) is 0 Å². The molecule has 0 spiro atoms. The quantitative estimate of drug-likeness (QED) is 0.666. The largest absolute Gasteiger partial charge is 0.430 e. The lowest BCUT2D eigenvalue weighted by Gasteiger charge is -2.07. The third-order valence-electron chi connectivity index (χ3n) is 2.13. The van der Waals surface area contributed by atoms with Crippen molar-refractivity contribution in [2.75, 3.05) is 5.73 Å². The van der Waals surface area contributed by atoms with Crippen LogP contribution in [0.4, 0.5) is 15.8 Å². The molecule has 0 radical (unpaired) electrons. The predicted octanol–water partition coefficient (Wildman–Crippen LogP) is 2.50. The first-order chi connectivity index (χ1) is 8.58. The van der Waals surface area contributed by atoms with Gasteiger partial charge in [-0.25, -0.2) is 9.37 Å². The second kappa shape index (κ2) is 4.66. The Balaban J connectivity index is 2.42. The maximum absolute atomic E-state index is 13.1. The summed E-state index contributed by atoms with van der Waals surface area (Å²) in [6.45, 7) is 0. The number of hydrogen-bond donors (Lipinski definition) is 1. The van der Waals surface area contributed by atoms with Gasteiger partial charge in [-0.05, 0) is 18.2 Å². The van der Waals surface area contributed by atoms with E-state index in [-0.39, 0.29) is 23.0 Å². The summed E-state index contributed by atoms with van der Waals surface area (Å²) in [6, 6.07) is 6.01. The van der Waals surface area contributed by atoms with Crippen molar-refractivity contribution in [2.45, 2.75) is 0 Å². The molecule has 0 saturated carbocycles. The monoisotopic (exact) mass is 249 g/mol. The fourth-order valence-electron chi connectivity index (χ4n) is 1.31. The number of rotatable bonds is 3. The van der Waals surface area contributed by atoms with Gasteiger partial charge in [0.25, 0.3) is 0 Å². The smallest absolute Gasteiger partial charge is 0.311 e. The lowest BCUT2D eigenvalue weighted by atomic mass is 10.3. The number of nitro groups is 1. The van der Waals surface area contributed by atoms with Crippen LogP contribution in [-0.4, -0.2) is 9.91 Å². The molecule has 0 saturated heterocycles. The second-order valence-corrected chi connectivity index (χ2v) is 3.37. The molecule has 92 valence electrons. The predicted molar refractivity (Wildman–Crippen MR) is 61.8 cm³/mol. The molecule has 0 aliphatic carbocycles. The van der Waals surface area contributed by atoms with Crippen LogP contribution in [-0.2, 0) is 0 Å². The van der Waals surface area contributed by atoms with Crippen LogP contribution in [0.2, 0.25) is 0 Å². The van der Waals surface area contributed by atoms with Crippen molar-refractivity contribution < 1.29 is 14.1 Å². The van der Waals surface area contributed by atoms with Crippen molar-refractivity contribution in [2.24, 2.45) is 0 Å². The minimum atomic E-state index is -0.673. The summed E-state index contributed by atoms with van der Waals surface area (Å²) >= 11 is 0. The molecular formula is C11H8FN3O3. The van der Waals surface area contributed by atoms with Crippen LogP contribution >= 0.6 is 0 Å². The van der Waals surface area contributed by atoms with Crippen LogP contribution in [0.25, 0.3) is 0 Å². The molecule has 6 nitrogen and oxygen atoms in total. The maximum Gasteiger partial charge on any atom is 0.311 e.